The Hall–Kier alpha value is -0.600. The first-order chi connectivity index (χ1) is 7.74. The van der Waals surface area contributed by atoms with Crippen LogP contribution in [0, 0.1) is 5.82 Å². The maximum atomic E-state index is 12.8. The van der Waals surface area contributed by atoms with Crippen LogP contribution in [-0.2, 0) is 6.42 Å². The molecule has 0 amide bonds. The standard InChI is InChI=1S/C13H19ClFN/c1-2-8-16-9-4-3-5-11-6-7-12(15)10-13(11)14/h6-7,10,16H,2-5,8-9H2,1H3. The fourth-order valence-corrected chi connectivity index (χ4v) is 1.85. The first-order valence-corrected chi connectivity index (χ1v) is 6.26. The van der Waals surface area contributed by atoms with E-state index >= 15 is 0 Å². The van der Waals surface area contributed by atoms with Crippen molar-refractivity contribution in [2.75, 3.05) is 13.1 Å². The van der Waals surface area contributed by atoms with Crippen molar-refractivity contribution in [1.29, 1.82) is 0 Å². The first kappa shape index (κ1) is 13.5. The lowest BCUT2D eigenvalue weighted by Crippen LogP contribution is -2.15. The van der Waals surface area contributed by atoms with Crippen molar-refractivity contribution >= 4 is 11.6 Å². The summed E-state index contributed by atoms with van der Waals surface area (Å²) in [5.41, 5.74) is 1.04. The molecule has 16 heavy (non-hydrogen) atoms. The molecule has 0 radical (unpaired) electrons. The van der Waals surface area contributed by atoms with Crippen molar-refractivity contribution in [1.82, 2.24) is 5.32 Å². The van der Waals surface area contributed by atoms with Gasteiger partial charge in [0.25, 0.3) is 0 Å². The molecule has 3 heteroatoms. The Balaban J connectivity index is 2.21. The molecular formula is C13H19ClFN. The van der Waals surface area contributed by atoms with Crippen LogP contribution in [0.3, 0.4) is 0 Å². The number of unbranched alkanes of at least 4 members (excludes halogenated alkanes) is 1. The van der Waals surface area contributed by atoms with E-state index in [0.717, 1.165) is 37.9 Å². The topological polar surface area (TPSA) is 12.0 Å². The lowest BCUT2D eigenvalue weighted by Gasteiger charge is -2.05. The van der Waals surface area contributed by atoms with E-state index in [1.807, 2.05) is 0 Å². The van der Waals surface area contributed by atoms with E-state index in [0.29, 0.717) is 5.02 Å². The summed E-state index contributed by atoms with van der Waals surface area (Å²) in [7, 11) is 0. The van der Waals surface area contributed by atoms with Crippen LogP contribution < -0.4 is 5.32 Å². The zero-order valence-electron chi connectivity index (χ0n) is 9.73. The van der Waals surface area contributed by atoms with Crippen LogP contribution in [0.5, 0.6) is 0 Å². The van der Waals surface area contributed by atoms with Crippen molar-refractivity contribution in [3.05, 3.63) is 34.6 Å². The van der Waals surface area contributed by atoms with Gasteiger partial charge < -0.3 is 5.32 Å². The first-order valence-electron chi connectivity index (χ1n) is 5.88. The fourth-order valence-electron chi connectivity index (χ4n) is 1.59. The van der Waals surface area contributed by atoms with E-state index in [1.165, 1.54) is 18.6 Å². The third-order valence-corrected chi connectivity index (χ3v) is 2.84. The minimum Gasteiger partial charge on any atom is -0.317 e. The fraction of sp³-hybridized carbons (Fsp3) is 0.538. The van der Waals surface area contributed by atoms with Crippen LogP contribution in [-0.4, -0.2) is 13.1 Å². The Morgan fingerprint density at radius 2 is 2.06 bits per heavy atom. The average Bonchev–Trinajstić information content (AvgIpc) is 2.26. The van der Waals surface area contributed by atoms with Gasteiger partial charge in [-0.05, 0) is 56.5 Å². The van der Waals surface area contributed by atoms with E-state index in [-0.39, 0.29) is 5.82 Å². The van der Waals surface area contributed by atoms with Gasteiger partial charge in [-0.15, -0.1) is 0 Å². The SMILES string of the molecule is CCCNCCCCc1ccc(F)cc1Cl. The lowest BCUT2D eigenvalue weighted by molar-refractivity contribution is 0.613. The van der Waals surface area contributed by atoms with Gasteiger partial charge in [0.15, 0.2) is 0 Å². The summed E-state index contributed by atoms with van der Waals surface area (Å²) in [6.07, 6.45) is 4.31. The molecule has 1 nitrogen and oxygen atoms in total. The number of hydrogen-bond donors (Lipinski definition) is 1. The van der Waals surface area contributed by atoms with Crippen LogP contribution >= 0.6 is 11.6 Å². The number of halogens is 2. The summed E-state index contributed by atoms with van der Waals surface area (Å²) in [6, 6.07) is 4.62. The van der Waals surface area contributed by atoms with Gasteiger partial charge in [0.05, 0.1) is 0 Å². The smallest absolute Gasteiger partial charge is 0.124 e. The molecule has 90 valence electrons. The molecule has 0 saturated carbocycles. The van der Waals surface area contributed by atoms with Gasteiger partial charge in [-0.2, -0.15) is 0 Å². The van der Waals surface area contributed by atoms with Crippen molar-refractivity contribution in [2.24, 2.45) is 0 Å². The Bertz CT molecular complexity index is 315. The normalized spacial score (nSPS) is 10.7. The summed E-state index contributed by atoms with van der Waals surface area (Å²) >= 11 is 5.94. The molecule has 0 fully saturated rings. The second kappa shape index (κ2) is 7.64. The molecule has 1 aromatic carbocycles. The van der Waals surface area contributed by atoms with E-state index in [9.17, 15) is 4.39 Å². The molecule has 0 spiro atoms. The monoisotopic (exact) mass is 243 g/mol. The van der Waals surface area contributed by atoms with Crippen molar-refractivity contribution < 1.29 is 4.39 Å². The highest BCUT2D eigenvalue weighted by Crippen LogP contribution is 2.18. The van der Waals surface area contributed by atoms with Crippen molar-refractivity contribution in [3.8, 4) is 0 Å². The summed E-state index contributed by atoms with van der Waals surface area (Å²) in [5.74, 6) is -0.265. The van der Waals surface area contributed by atoms with Gasteiger partial charge in [0.1, 0.15) is 5.82 Å². The Morgan fingerprint density at radius 1 is 1.25 bits per heavy atom. The molecule has 0 aliphatic carbocycles. The number of hydrogen-bond acceptors (Lipinski definition) is 1. The average molecular weight is 244 g/mol. The van der Waals surface area contributed by atoms with E-state index in [2.05, 4.69) is 12.2 Å². The van der Waals surface area contributed by atoms with Gasteiger partial charge in [-0.1, -0.05) is 24.6 Å². The van der Waals surface area contributed by atoms with Gasteiger partial charge >= 0.3 is 0 Å². The number of benzene rings is 1. The summed E-state index contributed by atoms with van der Waals surface area (Å²) in [5, 5.41) is 3.90. The van der Waals surface area contributed by atoms with Gasteiger partial charge in [-0.3, -0.25) is 0 Å². The maximum Gasteiger partial charge on any atom is 0.124 e. The number of rotatable bonds is 7. The third-order valence-electron chi connectivity index (χ3n) is 2.49. The molecule has 0 unspecified atom stereocenters. The largest absolute Gasteiger partial charge is 0.317 e. The van der Waals surface area contributed by atoms with E-state index < -0.39 is 0 Å². The third kappa shape index (κ3) is 4.95. The van der Waals surface area contributed by atoms with Gasteiger partial charge in [0, 0.05) is 5.02 Å². The predicted molar refractivity (Wildman–Crippen MR) is 67.5 cm³/mol. The van der Waals surface area contributed by atoms with E-state index in [4.69, 9.17) is 11.6 Å². The van der Waals surface area contributed by atoms with Crippen LogP contribution in [0.15, 0.2) is 18.2 Å². The van der Waals surface area contributed by atoms with Crippen LogP contribution in [0.25, 0.3) is 0 Å². The molecule has 0 aliphatic rings. The van der Waals surface area contributed by atoms with E-state index in [1.54, 1.807) is 6.07 Å². The highest BCUT2D eigenvalue weighted by Gasteiger charge is 2.01. The molecular weight excluding hydrogens is 225 g/mol. The van der Waals surface area contributed by atoms with Gasteiger partial charge in [-0.25, -0.2) is 4.39 Å². The zero-order valence-corrected chi connectivity index (χ0v) is 10.5. The quantitative estimate of drug-likeness (QED) is 0.719. The summed E-state index contributed by atoms with van der Waals surface area (Å²) in [6.45, 7) is 4.29. The Kier molecular flexibility index (Phi) is 6.43. The second-order valence-electron chi connectivity index (χ2n) is 3.94. The van der Waals surface area contributed by atoms with Crippen LogP contribution in [0.1, 0.15) is 31.7 Å². The highest BCUT2D eigenvalue weighted by molar-refractivity contribution is 6.31. The number of aryl methyl sites for hydroxylation is 1. The molecule has 0 heterocycles. The zero-order chi connectivity index (χ0) is 11.8. The molecule has 1 rings (SSSR count). The molecule has 0 saturated heterocycles. The summed E-state index contributed by atoms with van der Waals surface area (Å²) in [4.78, 5) is 0. The molecule has 0 atom stereocenters. The Morgan fingerprint density at radius 3 is 2.75 bits per heavy atom. The van der Waals surface area contributed by atoms with Crippen LogP contribution in [0.2, 0.25) is 5.02 Å². The molecule has 0 aromatic heterocycles. The molecule has 1 N–H and O–H groups in total. The minimum absolute atomic E-state index is 0.265. The molecule has 0 aliphatic heterocycles. The van der Waals surface area contributed by atoms with Gasteiger partial charge in [0.2, 0.25) is 0 Å². The Labute approximate surface area is 102 Å². The summed E-state index contributed by atoms with van der Waals surface area (Å²) < 4.78 is 12.8. The lowest BCUT2D eigenvalue weighted by atomic mass is 10.1. The highest BCUT2D eigenvalue weighted by atomic mass is 35.5. The molecule has 1 aromatic rings. The molecule has 0 bridgehead atoms. The van der Waals surface area contributed by atoms with Crippen molar-refractivity contribution in [2.45, 2.75) is 32.6 Å². The van der Waals surface area contributed by atoms with Crippen molar-refractivity contribution in [3.63, 3.8) is 0 Å². The second-order valence-corrected chi connectivity index (χ2v) is 4.35. The minimum atomic E-state index is -0.265. The maximum absolute atomic E-state index is 12.8. The van der Waals surface area contributed by atoms with Crippen LogP contribution in [0.4, 0.5) is 4.39 Å². The number of nitrogens with one attached hydrogen (secondary N) is 1. The predicted octanol–water partition coefficient (Wildman–Crippen LogP) is 3.80.